The quantitative estimate of drug-likeness (QED) is 0.358. The van der Waals surface area contributed by atoms with E-state index in [0.717, 1.165) is 25.9 Å². The molecule has 7 nitrogen and oxygen atoms in total. The minimum atomic E-state index is -2.92. The Morgan fingerprint density at radius 2 is 1.93 bits per heavy atom. The van der Waals surface area contributed by atoms with Crippen LogP contribution in [0.1, 0.15) is 32.3 Å². The molecule has 0 fully saturated rings. The van der Waals surface area contributed by atoms with Gasteiger partial charge >= 0.3 is 6.61 Å². The summed E-state index contributed by atoms with van der Waals surface area (Å²) < 4.78 is 40.6. The molecule has 0 atom stereocenters. The zero-order valence-electron chi connectivity index (χ0n) is 16.9. The third-order valence-electron chi connectivity index (χ3n) is 4.55. The number of guanidine groups is 1. The topological polar surface area (TPSA) is 67.4 Å². The van der Waals surface area contributed by atoms with E-state index in [4.69, 9.17) is 9.47 Å². The first kappa shape index (κ1) is 22.0. The van der Waals surface area contributed by atoms with Gasteiger partial charge in [0.1, 0.15) is 5.75 Å². The van der Waals surface area contributed by atoms with Gasteiger partial charge < -0.3 is 29.7 Å². The number of nitrogens with zero attached hydrogens (tertiary/aromatic N) is 2. The van der Waals surface area contributed by atoms with E-state index in [-0.39, 0.29) is 19.1 Å². The van der Waals surface area contributed by atoms with Crippen LogP contribution in [-0.4, -0.2) is 57.5 Å². The number of rotatable bonds is 10. The third-order valence-corrected chi connectivity index (χ3v) is 4.55. The summed E-state index contributed by atoms with van der Waals surface area (Å²) in [5.74, 6) is 1.56. The average molecular weight is 400 g/mol. The molecular weight excluding hydrogens is 370 g/mol. The second kappa shape index (κ2) is 10.9. The first-order valence-electron chi connectivity index (χ1n) is 9.42. The molecule has 1 aromatic rings. The van der Waals surface area contributed by atoms with Gasteiger partial charge in [-0.05, 0) is 46.3 Å². The van der Waals surface area contributed by atoms with Crippen molar-refractivity contribution in [3.63, 3.8) is 0 Å². The number of alkyl halides is 2. The van der Waals surface area contributed by atoms with E-state index in [2.05, 4.69) is 46.2 Å². The molecule has 0 bridgehead atoms. The predicted octanol–water partition coefficient (Wildman–Crippen LogP) is 2.80. The molecule has 0 unspecified atom stereocenters. The van der Waals surface area contributed by atoms with Crippen molar-refractivity contribution in [2.45, 2.75) is 45.9 Å². The number of unbranched alkanes of at least 4 members (excludes halogenated alkanes) is 1. The van der Waals surface area contributed by atoms with Crippen LogP contribution in [0.5, 0.6) is 17.2 Å². The Balaban J connectivity index is 1.84. The van der Waals surface area contributed by atoms with Gasteiger partial charge in [0.15, 0.2) is 17.5 Å². The van der Waals surface area contributed by atoms with Gasteiger partial charge in [0.25, 0.3) is 0 Å². The number of fused-ring (bicyclic) bond motifs is 1. The van der Waals surface area contributed by atoms with Gasteiger partial charge in [-0.15, -0.1) is 0 Å². The van der Waals surface area contributed by atoms with Crippen molar-refractivity contribution < 1.29 is 23.0 Å². The number of ether oxygens (including phenoxy) is 3. The fraction of sp³-hybridized carbons (Fsp3) is 0.632. The lowest BCUT2D eigenvalue weighted by Gasteiger charge is -2.20. The van der Waals surface area contributed by atoms with E-state index in [1.807, 2.05) is 0 Å². The predicted molar refractivity (Wildman–Crippen MR) is 104 cm³/mol. The first-order valence-corrected chi connectivity index (χ1v) is 9.42. The highest BCUT2D eigenvalue weighted by atomic mass is 19.3. The van der Waals surface area contributed by atoms with Crippen LogP contribution in [0.4, 0.5) is 8.78 Å². The zero-order chi connectivity index (χ0) is 20.5. The molecule has 0 saturated carbocycles. The molecule has 0 amide bonds. The fourth-order valence-corrected chi connectivity index (χ4v) is 2.66. The van der Waals surface area contributed by atoms with E-state index in [9.17, 15) is 8.78 Å². The average Bonchev–Trinajstić information content (AvgIpc) is 3.10. The molecule has 158 valence electrons. The van der Waals surface area contributed by atoms with Crippen LogP contribution in [-0.2, 0) is 6.54 Å². The number of nitrogens with one attached hydrogen (secondary N) is 2. The molecular formula is C19H30F2N4O3. The number of hydrogen-bond donors (Lipinski definition) is 2. The summed E-state index contributed by atoms with van der Waals surface area (Å²) in [5, 5.41) is 6.35. The van der Waals surface area contributed by atoms with Gasteiger partial charge in [-0.25, -0.2) is 0 Å². The maximum atomic E-state index is 12.7. The minimum absolute atomic E-state index is 0.0546. The second-order valence-corrected chi connectivity index (χ2v) is 6.83. The standard InChI is InChI=1S/C19H30F2N4O3/c1-13(2)25(4)8-6-5-7-23-19(22-3)24-11-14-9-16-17(27-12-26-16)10-15(14)28-18(20)21/h9-10,13,18H,5-8,11-12H2,1-4H3,(H2,22,23,24). The summed E-state index contributed by atoms with van der Waals surface area (Å²) in [6, 6.07) is 3.60. The molecule has 9 heteroatoms. The van der Waals surface area contributed by atoms with Gasteiger partial charge in [0, 0.05) is 37.8 Å². The van der Waals surface area contributed by atoms with Gasteiger partial charge in [0.2, 0.25) is 6.79 Å². The first-order chi connectivity index (χ1) is 13.4. The molecule has 0 aromatic heterocycles. The smallest absolute Gasteiger partial charge is 0.387 e. The van der Waals surface area contributed by atoms with Gasteiger partial charge in [-0.3, -0.25) is 4.99 Å². The molecule has 2 rings (SSSR count). The van der Waals surface area contributed by atoms with Crippen LogP contribution in [0.2, 0.25) is 0 Å². The Labute approximate surface area is 165 Å². The minimum Gasteiger partial charge on any atom is -0.454 e. The normalized spacial score (nSPS) is 13.5. The fourth-order valence-electron chi connectivity index (χ4n) is 2.66. The van der Waals surface area contributed by atoms with Crippen molar-refractivity contribution in [3.05, 3.63) is 17.7 Å². The Morgan fingerprint density at radius 1 is 1.21 bits per heavy atom. The zero-order valence-corrected chi connectivity index (χ0v) is 16.9. The van der Waals surface area contributed by atoms with Crippen molar-refractivity contribution in [1.82, 2.24) is 15.5 Å². The summed E-state index contributed by atoms with van der Waals surface area (Å²) in [6.45, 7) is 3.56. The molecule has 1 aliphatic heterocycles. The van der Waals surface area contributed by atoms with Crippen LogP contribution in [0.25, 0.3) is 0 Å². The van der Waals surface area contributed by atoms with E-state index >= 15 is 0 Å². The monoisotopic (exact) mass is 400 g/mol. The van der Waals surface area contributed by atoms with Crippen molar-refractivity contribution in [1.29, 1.82) is 0 Å². The van der Waals surface area contributed by atoms with Gasteiger partial charge in [-0.2, -0.15) is 8.78 Å². The maximum Gasteiger partial charge on any atom is 0.387 e. The van der Waals surface area contributed by atoms with E-state index in [1.54, 1.807) is 13.1 Å². The molecule has 1 aromatic carbocycles. The maximum absolute atomic E-state index is 12.7. The van der Waals surface area contributed by atoms with Crippen LogP contribution in [0.15, 0.2) is 17.1 Å². The van der Waals surface area contributed by atoms with Crippen molar-refractivity contribution >= 4 is 5.96 Å². The number of halogens is 2. The molecule has 28 heavy (non-hydrogen) atoms. The lowest BCUT2D eigenvalue weighted by atomic mass is 10.1. The Kier molecular flexibility index (Phi) is 8.56. The van der Waals surface area contributed by atoms with Crippen molar-refractivity contribution in [3.8, 4) is 17.2 Å². The highest BCUT2D eigenvalue weighted by Crippen LogP contribution is 2.38. The summed E-state index contributed by atoms with van der Waals surface area (Å²) in [4.78, 5) is 6.47. The lowest BCUT2D eigenvalue weighted by molar-refractivity contribution is -0.0505. The second-order valence-electron chi connectivity index (χ2n) is 6.83. The molecule has 0 aliphatic carbocycles. The third kappa shape index (κ3) is 6.70. The highest BCUT2D eigenvalue weighted by molar-refractivity contribution is 5.79. The lowest BCUT2D eigenvalue weighted by Crippen LogP contribution is -2.37. The molecule has 0 radical (unpaired) electrons. The molecule has 1 heterocycles. The molecule has 0 saturated heterocycles. The summed E-state index contributed by atoms with van der Waals surface area (Å²) >= 11 is 0. The SMILES string of the molecule is CN=C(NCCCCN(C)C(C)C)NCc1cc2c(cc1OC(F)F)OCO2. The summed E-state index contributed by atoms with van der Waals surface area (Å²) in [7, 11) is 3.78. The van der Waals surface area contributed by atoms with E-state index in [0.29, 0.717) is 29.1 Å². The van der Waals surface area contributed by atoms with Gasteiger partial charge in [-0.1, -0.05) is 0 Å². The van der Waals surface area contributed by atoms with Crippen LogP contribution in [0, 0.1) is 0 Å². The summed E-state index contributed by atoms with van der Waals surface area (Å²) in [6.07, 6.45) is 2.08. The van der Waals surface area contributed by atoms with Crippen molar-refractivity contribution in [2.24, 2.45) is 4.99 Å². The van der Waals surface area contributed by atoms with E-state index in [1.165, 1.54) is 6.07 Å². The van der Waals surface area contributed by atoms with Crippen LogP contribution >= 0.6 is 0 Å². The molecule has 1 aliphatic rings. The Hall–Kier alpha value is -2.29. The number of aliphatic imine (C=N–C) groups is 1. The Bertz CT molecular complexity index is 656. The summed E-state index contributed by atoms with van der Waals surface area (Å²) in [5.41, 5.74) is 0.533. The van der Waals surface area contributed by atoms with Gasteiger partial charge in [0.05, 0.1) is 0 Å². The number of hydrogen-bond acceptors (Lipinski definition) is 5. The van der Waals surface area contributed by atoms with Crippen LogP contribution in [0.3, 0.4) is 0 Å². The largest absolute Gasteiger partial charge is 0.454 e. The van der Waals surface area contributed by atoms with Crippen LogP contribution < -0.4 is 24.8 Å². The van der Waals surface area contributed by atoms with Crippen molar-refractivity contribution in [2.75, 3.05) is 34.0 Å². The Morgan fingerprint density at radius 3 is 2.57 bits per heavy atom. The highest BCUT2D eigenvalue weighted by Gasteiger charge is 2.20. The number of benzene rings is 1. The molecule has 0 spiro atoms. The molecule has 2 N–H and O–H groups in total. The van der Waals surface area contributed by atoms with E-state index < -0.39 is 6.61 Å².